The Labute approximate surface area is 201 Å². The van der Waals surface area contributed by atoms with Gasteiger partial charge in [-0.1, -0.05) is 28.1 Å². The summed E-state index contributed by atoms with van der Waals surface area (Å²) in [5.41, 5.74) is 4.32. The number of methoxy groups -OCH3 is 2. The third kappa shape index (κ3) is 6.08. The van der Waals surface area contributed by atoms with E-state index in [2.05, 4.69) is 42.4 Å². The third-order valence-electron chi connectivity index (χ3n) is 4.33. The molecule has 0 heterocycles. The zero-order chi connectivity index (χ0) is 23.1. The summed E-state index contributed by atoms with van der Waals surface area (Å²) in [6.45, 7) is 0.243. The van der Waals surface area contributed by atoms with Crippen LogP contribution in [0.4, 0.5) is 4.39 Å². The van der Waals surface area contributed by atoms with Crippen LogP contribution >= 0.6 is 31.9 Å². The molecule has 3 rings (SSSR count). The van der Waals surface area contributed by atoms with E-state index in [1.165, 1.54) is 32.6 Å². The smallest absolute Gasteiger partial charge is 0.275 e. The van der Waals surface area contributed by atoms with Crippen LogP contribution in [0.25, 0.3) is 0 Å². The second-order valence-electron chi connectivity index (χ2n) is 6.49. The van der Waals surface area contributed by atoms with Crippen molar-refractivity contribution >= 4 is 44.0 Å². The Bertz CT molecular complexity index is 1140. The molecule has 1 N–H and O–H groups in total. The van der Waals surface area contributed by atoms with Crippen molar-refractivity contribution in [2.24, 2.45) is 5.10 Å². The molecule has 0 spiro atoms. The maximum absolute atomic E-state index is 13.1. The number of carbonyl (C=O) groups excluding carboxylic acids is 1. The largest absolute Gasteiger partial charge is 0.496 e. The van der Waals surface area contributed by atoms with Crippen LogP contribution in [0.3, 0.4) is 0 Å². The molecule has 9 heteroatoms. The van der Waals surface area contributed by atoms with Crippen LogP contribution in [0.1, 0.15) is 21.5 Å². The van der Waals surface area contributed by atoms with Crippen LogP contribution in [0, 0.1) is 5.82 Å². The molecule has 6 nitrogen and oxygen atoms in total. The normalized spacial score (nSPS) is 10.8. The first-order chi connectivity index (χ1) is 15.4. The third-order valence-corrected chi connectivity index (χ3v) is 5.42. The van der Waals surface area contributed by atoms with Gasteiger partial charge >= 0.3 is 0 Å². The predicted octanol–water partition coefficient (Wildman–Crippen LogP) is 5.71. The molecule has 0 aliphatic carbocycles. The number of hydrogen-bond donors (Lipinski definition) is 1. The molecule has 0 aliphatic rings. The minimum absolute atomic E-state index is 0.243. The topological polar surface area (TPSA) is 69.2 Å². The van der Waals surface area contributed by atoms with Crippen molar-refractivity contribution in [3.05, 3.63) is 86.1 Å². The molecule has 0 fully saturated rings. The van der Waals surface area contributed by atoms with E-state index in [9.17, 15) is 9.18 Å². The molecule has 166 valence electrons. The molecule has 0 atom stereocenters. The molecule has 3 aromatic rings. The fourth-order valence-corrected chi connectivity index (χ4v) is 3.71. The molecule has 0 radical (unpaired) electrons. The molecule has 1 amide bonds. The number of ether oxygens (including phenoxy) is 3. The van der Waals surface area contributed by atoms with E-state index in [4.69, 9.17) is 14.2 Å². The van der Waals surface area contributed by atoms with Gasteiger partial charge in [0.05, 0.1) is 30.5 Å². The second-order valence-corrected chi connectivity index (χ2v) is 8.26. The van der Waals surface area contributed by atoms with E-state index < -0.39 is 5.91 Å². The predicted molar refractivity (Wildman–Crippen MR) is 127 cm³/mol. The summed E-state index contributed by atoms with van der Waals surface area (Å²) >= 11 is 6.81. The van der Waals surface area contributed by atoms with Crippen molar-refractivity contribution in [3.8, 4) is 17.2 Å². The summed E-state index contributed by atoms with van der Waals surface area (Å²) in [5, 5.41) is 4.02. The van der Waals surface area contributed by atoms with Crippen LogP contribution in [0.2, 0.25) is 0 Å². The molecule has 0 bridgehead atoms. The lowest BCUT2D eigenvalue weighted by molar-refractivity contribution is 0.0952. The highest BCUT2D eigenvalue weighted by atomic mass is 79.9. The van der Waals surface area contributed by atoms with Crippen molar-refractivity contribution in [2.75, 3.05) is 14.2 Å². The summed E-state index contributed by atoms with van der Waals surface area (Å²) in [6.07, 6.45) is 1.49. The van der Waals surface area contributed by atoms with Crippen LogP contribution in [0.15, 0.2) is 68.6 Å². The van der Waals surface area contributed by atoms with Gasteiger partial charge in [0.15, 0.2) is 11.5 Å². The summed E-state index contributed by atoms with van der Waals surface area (Å²) in [5.74, 6) is 0.694. The number of carbonyl (C=O) groups is 1. The van der Waals surface area contributed by atoms with Gasteiger partial charge in [0.2, 0.25) is 0 Å². The van der Waals surface area contributed by atoms with Crippen molar-refractivity contribution in [1.29, 1.82) is 0 Å². The quantitative estimate of drug-likeness (QED) is 0.280. The first-order valence-electron chi connectivity index (χ1n) is 9.33. The molecule has 0 aliphatic heterocycles. The molecule has 3 aromatic carbocycles. The Morgan fingerprint density at radius 1 is 1.03 bits per heavy atom. The fourth-order valence-electron chi connectivity index (χ4n) is 2.77. The van der Waals surface area contributed by atoms with Crippen LogP contribution < -0.4 is 19.6 Å². The van der Waals surface area contributed by atoms with E-state index >= 15 is 0 Å². The zero-order valence-corrected chi connectivity index (χ0v) is 20.4. The number of hydrazone groups is 1. The van der Waals surface area contributed by atoms with Gasteiger partial charge in [-0.15, -0.1) is 0 Å². The number of hydrogen-bond acceptors (Lipinski definition) is 5. The molecular formula is C23H19Br2FN2O4. The minimum atomic E-state index is -0.412. The van der Waals surface area contributed by atoms with Gasteiger partial charge < -0.3 is 14.2 Å². The summed E-state index contributed by atoms with van der Waals surface area (Å²) in [7, 11) is 3.02. The first kappa shape index (κ1) is 23.7. The Morgan fingerprint density at radius 2 is 1.75 bits per heavy atom. The van der Waals surface area contributed by atoms with Crippen molar-refractivity contribution in [1.82, 2.24) is 5.43 Å². The fraction of sp³-hybridized carbons (Fsp3) is 0.130. The van der Waals surface area contributed by atoms with E-state index in [1.54, 1.807) is 42.5 Å². The number of nitrogens with zero attached hydrogens (tertiary/aromatic N) is 1. The Balaban J connectivity index is 1.71. The standard InChI is InChI=1S/C23H19Br2FN2O4/c1-30-20-8-5-16(24)11-18(20)23(29)28-27-12-15-9-19(25)22(21(10-15)31-2)32-13-14-3-6-17(26)7-4-14/h3-12H,13H2,1-2H3,(H,28,29)/b27-12-. The van der Waals surface area contributed by atoms with Crippen LogP contribution in [-0.2, 0) is 6.61 Å². The lowest BCUT2D eigenvalue weighted by Gasteiger charge is -2.13. The van der Waals surface area contributed by atoms with Gasteiger partial charge in [0, 0.05) is 4.47 Å². The lowest BCUT2D eigenvalue weighted by Crippen LogP contribution is -2.18. The van der Waals surface area contributed by atoms with Crippen molar-refractivity contribution < 1.29 is 23.4 Å². The summed E-state index contributed by atoms with van der Waals surface area (Å²) < 4.78 is 30.9. The SMILES string of the molecule is COc1ccc(Br)cc1C(=O)N/N=C\c1cc(Br)c(OCc2ccc(F)cc2)c(OC)c1. The first-order valence-corrected chi connectivity index (χ1v) is 10.9. The molecule has 0 saturated heterocycles. The highest BCUT2D eigenvalue weighted by Gasteiger charge is 2.13. The zero-order valence-electron chi connectivity index (χ0n) is 17.2. The Kier molecular flexibility index (Phi) is 8.24. The number of nitrogens with one attached hydrogen (secondary N) is 1. The van der Waals surface area contributed by atoms with E-state index in [0.717, 1.165) is 10.0 Å². The monoisotopic (exact) mass is 564 g/mol. The van der Waals surface area contributed by atoms with Gasteiger partial charge in [-0.2, -0.15) is 5.10 Å². The maximum Gasteiger partial charge on any atom is 0.275 e. The number of amides is 1. The highest BCUT2D eigenvalue weighted by Crippen LogP contribution is 2.37. The second kappa shape index (κ2) is 11.1. The van der Waals surface area contributed by atoms with Gasteiger partial charge in [-0.05, 0) is 69.5 Å². The lowest BCUT2D eigenvalue weighted by atomic mass is 10.2. The highest BCUT2D eigenvalue weighted by molar-refractivity contribution is 9.10. The van der Waals surface area contributed by atoms with Crippen molar-refractivity contribution in [3.63, 3.8) is 0 Å². The summed E-state index contributed by atoms with van der Waals surface area (Å²) in [6, 6.07) is 14.7. The minimum Gasteiger partial charge on any atom is -0.496 e. The molecule has 0 unspecified atom stereocenters. The van der Waals surface area contributed by atoms with Gasteiger partial charge in [-0.25, -0.2) is 9.82 Å². The Morgan fingerprint density at radius 3 is 2.44 bits per heavy atom. The molecule has 0 aromatic heterocycles. The average molecular weight is 566 g/mol. The van der Waals surface area contributed by atoms with E-state index in [-0.39, 0.29) is 12.4 Å². The Hall–Kier alpha value is -2.91. The maximum atomic E-state index is 13.1. The van der Waals surface area contributed by atoms with Gasteiger partial charge in [0.25, 0.3) is 5.91 Å². The summed E-state index contributed by atoms with van der Waals surface area (Å²) in [4.78, 5) is 12.4. The molecule has 32 heavy (non-hydrogen) atoms. The molecule has 0 saturated carbocycles. The van der Waals surface area contributed by atoms with Crippen LogP contribution in [0.5, 0.6) is 17.2 Å². The number of rotatable bonds is 8. The van der Waals surface area contributed by atoms with E-state index in [1.807, 2.05) is 0 Å². The van der Waals surface area contributed by atoms with Gasteiger partial charge in [-0.3, -0.25) is 4.79 Å². The molecular weight excluding hydrogens is 547 g/mol. The average Bonchev–Trinajstić information content (AvgIpc) is 2.79. The van der Waals surface area contributed by atoms with Crippen molar-refractivity contribution in [2.45, 2.75) is 6.61 Å². The van der Waals surface area contributed by atoms with Gasteiger partial charge in [0.1, 0.15) is 18.2 Å². The van der Waals surface area contributed by atoms with Crippen LogP contribution in [-0.4, -0.2) is 26.3 Å². The number of halogens is 3. The number of benzene rings is 3. The van der Waals surface area contributed by atoms with E-state index in [0.29, 0.717) is 32.8 Å².